The van der Waals surface area contributed by atoms with Gasteiger partial charge < -0.3 is 18.6 Å². The average Bonchev–Trinajstić information content (AvgIpc) is 2.87. The molecule has 1 saturated heterocycles. The second kappa shape index (κ2) is 9.40. The highest BCUT2D eigenvalue weighted by atomic mass is 32.2. The molecule has 0 aromatic heterocycles. The number of likely N-dealkylation sites (tertiary alicyclic amines) is 1. The van der Waals surface area contributed by atoms with Crippen LogP contribution in [0.5, 0.6) is 0 Å². The minimum Gasteiger partial charge on any atom is -0.598 e. The number of hydrogen-bond acceptors (Lipinski definition) is 5. The van der Waals surface area contributed by atoms with Crippen LogP contribution in [-0.2, 0) is 20.5 Å². The molecule has 8 heteroatoms. The zero-order chi connectivity index (χ0) is 24.8. The van der Waals surface area contributed by atoms with Crippen molar-refractivity contribution in [2.75, 3.05) is 13.1 Å². The first-order valence-corrected chi connectivity index (χ1v) is 16.2. The molecule has 2 rings (SSSR count). The first-order valence-electron chi connectivity index (χ1n) is 12.1. The molecular formula is C24H48N2O4SSi. The lowest BCUT2D eigenvalue weighted by Gasteiger charge is -2.44. The smallest absolute Gasteiger partial charge is 0.410 e. The molecule has 6 nitrogen and oxygen atoms in total. The Bertz CT molecular complexity index is 658. The molecule has 188 valence electrons. The van der Waals surface area contributed by atoms with Crippen LogP contribution in [0, 0.1) is 5.41 Å². The van der Waals surface area contributed by atoms with Gasteiger partial charge in [0.15, 0.2) is 8.32 Å². The van der Waals surface area contributed by atoms with Gasteiger partial charge in [0.25, 0.3) is 0 Å². The summed E-state index contributed by atoms with van der Waals surface area (Å²) in [5, 5.41) is 0.153. The lowest BCUT2D eigenvalue weighted by atomic mass is 9.74. The van der Waals surface area contributed by atoms with Crippen LogP contribution in [-0.4, -0.2) is 59.4 Å². The van der Waals surface area contributed by atoms with Crippen LogP contribution in [0.4, 0.5) is 4.79 Å². The number of rotatable bonds is 4. The van der Waals surface area contributed by atoms with Gasteiger partial charge in [-0.1, -0.05) is 20.8 Å². The molecule has 1 saturated carbocycles. The summed E-state index contributed by atoms with van der Waals surface area (Å²) in [4.78, 5) is 14.4. The summed E-state index contributed by atoms with van der Waals surface area (Å²) in [6.45, 7) is 24.5. The van der Waals surface area contributed by atoms with Gasteiger partial charge in [-0.15, -0.1) is 4.72 Å². The Morgan fingerprint density at radius 2 is 1.59 bits per heavy atom. The van der Waals surface area contributed by atoms with Gasteiger partial charge in [0, 0.05) is 30.6 Å². The lowest BCUT2D eigenvalue weighted by molar-refractivity contribution is 0.00700. The summed E-state index contributed by atoms with van der Waals surface area (Å²) in [6, 6.07) is 0.123. The van der Waals surface area contributed by atoms with Gasteiger partial charge in [-0.3, -0.25) is 0 Å². The molecule has 1 aliphatic carbocycles. The van der Waals surface area contributed by atoms with Gasteiger partial charge in [-0.05, 0) is 90.8 Å². The highest BCUT2D eigenvalue weighted by Gasteiger charge is 2.53. The molecule has 1 aliphatic heterocycles. The van der Waals surface area contributed by atoms with Crippen LogP contribution in [0.2, 0.25) is 18.1 Å². The zero-order valence-corrected chi connectivity index (χ0v) is 24.2. The van der Waals surface area contributed by atoms with E-state index >= 15 is 0 Å². The summed E-state index contributed by atoms with van der Waals surface area (Å²) in [7, 11) is -1.90. The van der Waals surface area contributed by atoms with Crippen LogP contribution in [0.15, 0.2) is 0 Å². The van der Waals surface area contributed by atoms with Crippen LogP contribution in [0.3, 0.4) is 0 Å². The fourth-order valence-corrected chi connectivity index (χ4v) is 6.69. The number of nitrogens with one attached hydrogen (secondary N) is 1. The predicted octanol–water partition coefficient (Wildman–Crippen LogP) is 5.61. The predicted molar refractivity (Wildman–Crippen MR) is 136 cm³/mol. The molecule has 0 aromatic carbocycles. The molecule has 0 bridgehead atoms. The van der Waals surface area contributed by atoms with Crippen molar-refractivity contribution in [1.82, 2.24) is 9.62 Å². The number of ether oxygens (including phenoxy) is 1. The van der Waals surface area contributed by atoms with Crippen molar-refractivity contribution in [2.45, 2.75) is 129 Å². The number of hydrogen-bond donors (Lipinski definition) is 1. The Labute approximate surface area is 201 Å². The van der Waals surface area contributed by atoms with E-state index in [1.165, 1.54) is 0 Å². The SMILES string of the molecule is CC(C)(C)OC(=O)N1CCC2(CC1)C[C@H](O[Si](C)(C)C(C)(C)C)C[C@H]2N[S+]([O-])C(C)(C)C. The molecule has 0 aromatic rings. The number of piperidine rings is 1. The summed E-state index contributed by atoms with van der Waals surface area (Å²) in [5.74, 6) is 0. The summed E-state index contributed by atoms with van der Waals surface area (Å²) in [6.07, 6.45) is 3.52. The lowest BCUT2D eigenvalue weighted by Crippen LogP contribution is -2.54. The third-order valence-corrected chi connectivity index (χ3v) is 13.5. The van der Waals surface area contributed by atoms with E-state index in [2.05, 4.69) is 38.6 Å². The molecule has 1 spiro atoms. The van der Waals surface area contributed by atoms with E-state index < -0.39 is 25.3 Å². The van der Waals surface area contributed by atoms with E-state index in [-0.39, 0.29) is 33.4 Å². The first kappa shape index (κ1) is 28.0. The van der Waals surface area contributed by atoms with Crippen molar-refractivity contribution in [1.29, 1.82) is 0 Å². The van der Waals surface area contributed by atoms with Gasteiger partial charge in [0.1, 0.15) is 10.3 Å². The summed E-state index contributed by atoms with van der Waals surface area (Å²) < 4.78 is 28.6. The fraction of sp³-hybridized carbons (Fsp3) is 0.958. The van der Waals surface area contributed by atoms with Crippen molar-refractivity contribution >= 4 is 25.8 Å². The molecule has 1 N–H and O–H groups in total. The summed E-state index contributed by atoms with van der Waals surface area (Å²) >= 11 is -1.14. The second-order valence-corrected chi connectivity index (χ2v) is 20.1. The first-order chi connectivity index (χ1) is 14.3. The number of amides is 1. The van der Waals surface area contributed by atoms with Crippen molar-refractivity contribution < 1.29 is 18.5 Å². The van der Waals surface area contributed by atoms with Crippen LogP contribution >= 0.6 is 0 Å². The number of carbonyl (C=O) groups excluding carboxylic acids is 1. The third-order valence-electron chi connectivity index (χ3n) is 7.36. The average molecular weight is 489 g/mol. The molecule has 1 heterocycles. The van der Waals surface area contributed by atoms with E-state index in [9.17, 15) is 9.35 Å². The maximum absolute atomic E-state index is 13.0. The molecule has 2 aliphatic rings. The molecular weight excluding hydrogens is 440 g/mol. The second-order valence-electron chi connectivity index (χ2n) is 13.3. The minimum absolute atomic E-state index is 0.00749. The van der Waals surface area contributed by atoms with E-state index in [4.69, 9.17) is 9.16 Å². The van der Waals surface area contributed by atoms with Crippen LogP contribution in [0.1, 0.15) is 88.0 Å². The van der Waals surface area contributed by atoms with Crippen molar-refractivity contribution in [3.8, 4) is 0 Å². The maximum atomic E-state index is 13.0. The largest absolute Gasteiger partial charge is 0.598 e. The van der Waals surface area contributed by atoms with Crippen molar-refractivity contribution in [2.24, 2.45) is 5.41 Å². The van der Waals surface area contributed by atoms with Gasteiger partial charge in [-0.2, -0.15) is 0 Å². The Kier molecular flexibility index (Phi) is 8.21. The van der Waals surface area contributed by atoms with E-state index in [0.717, 1.165) is 25.7 Å². The van der Waals surface area contributed by atoms with Crippen LogP contribution in [0.25, 0.3) is 0 Å². The van der Waals surface area contributed by atoms with Crippen molar-refractivity contribution in [3.05, 3.63) is 0 Å². The minimum atomic E-state index is -1.90. The Morgan fingerprint density at radius 1 is 1.06 bits per heavy atom. The van der Waals surface area contributed by atoms with Gasteiger partial charge in [-0.25, -0.2) is 4.79 Å². The van der Waals surface area contributed by atoms with Crippen LogP contribution < -0.4 is 4.72 Å². The van der Waals surface area contributed by atoms with Gasteiger partial charge in [0.2, 0.25) is 0 Å². The monoisotopic (exact) mass is 488 g/mol. The van der Waals surface area contributed by atoms with Gasteiger partial charge >= 0.3 is 6.09 Å². The fourth-order valence-electron chi connectivity index (χ4n) is 4.37. The quantitative estimate of drug-likeness (QED) is 0.411. The highest BCUT2D eigenvalue weighted by molar-refractivity contribution is 7.90. The Morgan fingerprint density at radius 3 is 2.03 bits per heavy atom. The molecule has 0 radical (unpaired) electrons. The zero-order valence-electron chi connectivity index (χ0n) is 22.4. The Balaban J connectivity index is 2.17. The number of carbonyl (C=O) groups is 1. The normalized spacial score (nSPS) is 25.8. The molecule has 2 fully saturated rings. The third kappa shape index (κ3) is 6.87. The summed E-state index contributed by atoms with van der Waals surface area (Å²) in [5.41, 5.74) is -0.498. The maximum Gasteiger partial charge on any atom is 0.410 e. The van der Waals surface area contributed by atoms with E-state index in [0.29, 0.717) is 13.1 Å². The van der Waals surface area contributed by atoms with Gasteiger partial charge in [0.05, 0.1) is 6.04 Å². The topological polar surface area (TPSA) is 73.9 Å². The molecule has 1 unspecified atom stereocenters. The molecule has 1 amide bonds. The molecule has 32 heavy (non-hydrogen) atoms. The van der Waals surface area contributed by atoms with E-state index in [1.807, 2.05) is 46.4 Å². The van der Waals surface area contributed by atoms with E-state index in [1.54, 1.807) is 0 Å². The van der Waals surface area contributed by atoms with Crippen molar-refractivity contribution in [3.63, 3.8) is 0 Å². The highest BCUT2D eigenvalue weighted by Crippen LogP contribution is 2.50. The molecule has 3 atom stereocenters. The Hall–Kier alpha value is -0.283. The number of nitrogens with zero attached hydrogens (tertiary/aromatic N) is 1. The standard InChI is InChI=1S/C24H48N2O4SSi/c1-21(2,3)29-20(27)26-14-12-24(13-15-26)17-18(30-32(10,11)23(7,8)9)16-19(24)25-31(28)22(4,5)6/h18-19,25H,12-17H2,1-11H3/t18-,19-,31?/m1/s1.